The van der Waals surface area contributed by atoms with Gasteiger partial charge in [-0.05, 0) is 35.7 Å². The molecule has 172 valence electrons. The van der Waals surface area contributed by atoms with Gasteiger partial charge in [0.25, 0.3) is 5.91 Å². The van der Waals surface area contributed by atoms with Gasteiger partial charge in [0.1, 0.15) is 6.04 Å². The minimum absolute atomic E-state index is 0.129. The molecule has 10 heteroatoms. The number of methoxy groups -OCH3 is 1. The van der Waals surface area contributed by atoms with Crippen LogP contribution < -0.4 is 16.0 Å². The van der Waals surface area contributed by atoms with E-state index in [1.54, 1.807) is 42.6 Å². The maximum atomic E-state index is 12.5. The first-order valence-electron chi connectivity index (χ1n) is 10.1. The van der Waals surface area contributed by atoms with Gasteiger partial charge in [0.2, 0.25) is 0 Å². The van der Waals surface area contributed by atoms with E-state index in [0.717, 1.165) is 10.4 Å². The van der Waals surface area contributed by atoms with E-state index in [0.29, 0.717) is 16.4 Å². The lowest BCUT2D eigenvalue weighted by molar-refractivity contribution is -0.144. The van der Waals surface area contributed by atoms with Crippen LogP contribution >= 0.6 is 22.9 Å². The van der Waals surface area contributed by atoms with Crippen LogP contribution in [0.5, 0.6) is 0 Å². The van der Waals surface area contributed by atoms with Gasteiger partial charge in [-0.3, -0.25) is 4.79 Å². The number of halogens is 1. The number of carbonyl (C=O) groups excluding carboxylic acids is 3. The van der Waals surface area contributed by atoms with Crippen LogP contribution in [0.4, 0.5) is 16.2 Å². The lowest BCUT2D eigenvalue weighted by atomic mass is 10.0. The zero-order valence-electron chi connectivity index (χ0n) is 18.2. The number of nitrogens with zero attached hydrogens (tertiary/aromatic N) is 1. The second kappa shape index (κ2) is 10.9. The number of urea groups is 1. The van der Waals surface area contributed by atoms with E-state index in [-0.39, 0.29) is 10.9 Å². The van der Waals surface area contributed by atoms with E-state index in [1.165, 1.54) is 18.4 Å². The van der Waals surface area contributed by atoms with Crippen molar-refractivity contribution in [3.8, 4) is 10.4 Å². The smallest absolute Gasteiger partial charge is 0.328 e. The average molecular weight is 487 g/mol. The Balaban J connectivity index is 1.63. The van der Waals surface area contributed by atoms with E-state index < -0.39 is 23.9 Å². The molecule has 0 aliphatic heterocycles. The molecular formula is C23H23ClN4O4S. The fraction of sp³-hybridized carbons (Fsp3) is 0.217. The molecule has 0 saturated carbocycles. The molecule has 3 N–H and O–H groups in total. The first-order valence-corrected chi connectivity index (χ1v) is 11.3. The third-order valence-corrected chi connectivity index (χ3v) is 6.03. The van der Waals surface area contributed by atoms with Gasteiger partial charge in [-0.25, -0.2) is 14.6 Å². The van der Waals surface area contributed by atoms with Gasteiger partial charge in [0.15, 0.2) is 5.01 Å². The molecule has 2 aromatic carbocycles. The number of thiazole rings is 1. The Labute approximate surface area is 200 Å². The third kappa shape index (κ3) is 6.30. The van der Waals surface area contributed by atoms with Gasteiger partial charge in [-0.1, -0.05) is 49.7 Å². The minimum Gasteiger partial charge on any atom is -0.467 e. The molecule has 1 aromatic heterocycles. The Morgan fingerprint density at radius 3 is 2.36 bits per heavy atom. The molecular weight excluding hydrogens is 464 g/mol. The number of rotatable bonds is 7. The van der Waals surface area contributed by atoms with Crippen molar-refractivity contribution in [2.75, 3.05) is 17.7 Å². The van der Waals surface area contributed by atoms with Crippen molar-refractivity contribution >= 4 is 52.2 Å². The van der Waals surface area contributed by atoms with Gasteiger partial charge in [-0.2, -0.15) is 0 Å². The van der Waals surface area contributed by atoms with Gasteiger partial charge >= 0.3 is 12.0 Å². The highest BCUT2D eigenvalue weighted by atomic mass is 35.5. The zero-order chi connectivity index (χ0) is 24.0. The predicted octanol–water partition coefficient (Wildman–Crippen LogP) is 5.03. The lowest BCUT2D eigenvalue weighted by Gasteiger charge is -2.18. The third-order valence-electron chi connectivity index (χ3n) is 4.66. The van der Waals surface area contributed by atoms with E-state index >= 15 is 0 Å². The Kier molecular flexibility index (Phi) is 8.02. The lowest BCUT2D eigenvalue weighted by Crippen LogP contribution is -2.44. The molecule has 0 radical (unpaired) electrons. The Bertz CT molecular complexity index is 1150. The van der Waals surface area contributed by atoms with E-state index in [9.17, 15) is 14.4 Å². The molecule has 1 atom stereocenters. The summed E-state index contributed by atoms with van der Waals surface area (Å²) in [6, 6.07) is 12.9. The normalized spacial score (nSPS) is 11.5. The van der Waals surface area contributed by atoms with Crippen LogP contribution in [0.3, 0.4) is 0 Å². The number of carbonyl (C=O) groups is 3. The number of benzene rings is 2. The first-order chi connectivity index (χ1) is 15.8. The maximum Gasteiger partial charge on any atom is 0.328 e. The fourth-order valence-electron chi connectivity index (χ4n) is 2.91. The number of para-hydroxylation sites is 1. The molecule has 0 saturated heterocycles. The number of anilines is 2. The van der Waals surface area contributed by atoms with Gasteiger partial charge < -0.3 is 20.7 Å². The van der Waals surface area contributed by atoms with Gasteiger partial charge in [0, 0.05) is 11.9 Å². The van der Waals surface area contributed by atoms with Crippen molar-refractivity contribution in [3.05, 3.63) is 64.8 Å². The van der Waals surface area contributed by atoms with Crippen molar-refractivity contribution in [1.82, 2.24) is 10.3 Å². The summed E-state index contributed by atoms with van der Waals surface area (Å²) in [5, 5.41) is 8.78. The highest BCUT2D eigenvalue weighted by molar-refractivity contribution is 7.17. The number of hydrogen-bond acceptors (Lipinski definition) is 6. The molecule has 3 rings (SSSR count). The van der Waals surface area contributed by atoms with Crippen molar-refractivity contribution in [3.63, 3.8) is 0 Å². The average Bonchev–Trinajstić information content (AvgIpc) is 3.29. The summed E-state index contributed by atoms with van der Waals surface area (Å²) >= 11 is 7.25. The standard InChI is InChI=1S/C23H23ClN4O4S/c1-13(2)19(22(30)32-3)28-20(29)21-25-12-18(33-21)14-8-10-15(11-9-14)26-23(31)27-17-7-5-4-6-16(17)24/h4-13,19H,1-3H3,(H,28,29)(H2,26,27,31). The second-order valence-electron chi connectivity index (χ2n) is 7.38. The minimum atomic E-state index is -0.753. The molecule has 3 aromatic rings. The molecule has 8 nitrogen and oxygen atoms in total. The van der Waals surface area contributed by atoms with Crippen LogP contribution in [0.15, 0.2) is 54.7 Å². The number of amides is 3. The van der Waals surface area contributed by atoms with Crippen molar-refractivity contribution in [2.24, 2.45) is 5.92 Å². The van der Waals surface area contributed by atoms with E-state index in [1.807, 2.05) is 26.0 Å². The van der Waals surface area contributed by atoms with E-state index in [2.05, 4.69) is 20.9 Å². The topological polar surface area (TPSA) is 109 Å². The Hall–Kier alpha value is -3.43. The van der Waals surface area contributed by atoms with Gasteiger partial charge in [-0.15, -0.1) is 11.3 Å². The summed E-state index contributed by atoms with van der Waals surface area (Å²) in [7, 11) is 1.28. The molecule has 0 aliphatic carbocycles. The van der Waals surface area contributed by atoms with Crippen molar-refractivity contribution < 1.29 is 19.1 Å². The summed E-state index contributed by atoms with van der Waals surface area (Å²) < 4.78 is 4.75. The van der Waals surface area contributed by atoms with Crippen LogP contribution in [-0.2, 0) is 9.53 Å². The van der Waals surface area contributed by atoms with Gasteiger partial charge in [0.05, 0.1) is 22.7 Å². The summed E-state index contributed by atoms with van der Waals surface area (Å²) in [5.74, 6) is -1.07. The SMILES string of the molecule is COC(=O)C(NC(=O)c1ncc(-c2ccc(NC(=O)Nc3ccccc3Cl)cc2)s1)C(C)C. The molecule has 1 unspecified atom stereocenters. The molecule has 0 bridgehead atoms. The maximum absolute atomic E-state index is 12.5. The monoisotopic (exact) mass is 486 g/mol. The number of nitrogens with one attached hydrogen (secondary N) is 3. The number of esters is 1. The Morgan fingerprint density at radius 1 is 1.03 bits per heavy atom. The first kappa shape index (κ1) is 24.2. The molecule has 0 fully saturated rings. The Morgan fingerprint density at radius 2 is 1.73 bits per heavy atom. The molecule has 3 amide bonds. The van der Waals surface area contributed by atoms with Crippen LogP contribution in [0.1, 0.15) is 23.6 Å². The highest BCUT2D eigenvalue weighted by Gasteiger charge is 2.26. The summed E-state index contributed by atoms with van der Waals surface area (Å²) in [6.45, 7) is 3.64. The molecule has 33 heavy (non-hydrogen) atoms. The summed E-state index contributed by atoms with van der Waals surface area (Å²) in [6.07, 6.45) is 1.59. The van der Waals surface area contributed by atoms with Crippen molar-refractivity contribution in [1.29, 1.82) is 0 Å². The molecule has 0 aliphatic rings. The summed E-state index contributed by atoms with van der Waals surface area (Å²) in [5.41, 5.74) is 1.93. The number of aromatic nitrogens is 1. The second-order valence-corrected chi connectivity index (χ2v) is 8.82. The number of hydrogen-bond donors (Lipinski definition) is 3. The van der Waals surface area contributed by atoms with Crippen LogP contribution in [-0.4, -0.2) is 36.0 Å². The predicted molar refractivity (Wildman–Crippen MR) is 130 cm³/mol. The summed E-state index contributed by atoms with van der Waals surface area (Å²) in [4.78, 5) is 41.6. The van der Waals surface area contributed by atoms with E-state index in [4.69, 9.17) is 16.3 Å². The number of ether oxygens (including phenoxy) is 1. The van der Waals surface area contributed by atoms with Crippen molar-refractivity contribution in [2.45, 2.75) is 19.9 Å². The zero-order valence-corrected chi connectivity index (χ0v) is 19.8. The van der Waals surface area contributed by atoms with Crippen LogP contribution in [0.2, 0.25) is 5.02 Å². The quantitative estimate of drug-likeness (QED) is 0.405. The molecule has 0 spiro atoms. The highest BCUT2D eigenvalue weighted by Crippen LogP contribution is 2.28. The van der Waals surface area contributed by atoms with Crippen LogP contribution in [0, 0.1) is 5.92 Å². The largest absolute Gasteiger partial charge is 0.467 e. The fourth-order valence-corrected chi connectivity index (χ4v) is 3.91. The molecule has 1 heterocycles. The van der Waals surface area contributed by atoms with Crippen LogP contribution in [0.25, 0.3) is 10.4 Å².